The van der Waals surface area contributed by atoms with Crippen LogP contribution in [0, 0.1) is 13.8 Å². The van der Waals surface area contributed by atoms with Gasteiger partial charge in [0.15, 0.2) is 0 Å². The number of aromatic amines is 1. The minimum Gasteiger partial charge on any atom is -0.467 e. The van der Waals surface area contributed by atoms with Crippen molar-refractivity contribution in [3.8, 4) is 0 Å². The van der Waals surface area contributed by atoms with Gasteiger partial charge in [0.1, 0.15) is 5.76 Å². The lowest BCUT2D eigenvalue weighted by Crippen LogP contribution is -2.24. The number of carbonyl (C=O) groups excluding carboxylic acids is 1. The molecule has 24 heavy (non-hydrogen) atoms. The lowest BCUT2D eigenvalue weighted by atomic mass is 10.0. The zero-order chi connectivity index (χ0) is 17.1. The molecule has 0 bridgehead atoms. The average molecular weight is 324 g/mol. The fourth-order valence-electron chi connectivity index (χ4n) is 2.84. The summed E-state index contributed by atoms with van der Waals surface area (Å²) >= 11 is 0. The maximum absolute atomic E-state index is 12.2. The summed E-state index contributed by atoms with van der Waals surface area (Å²) in [5.41, 5.74) is 3.56. The van der Waals surface area contributed by atoms with E-state index in [0.29, 0.717) is 24.3 Å². The van der Waals surface area contributed by atoms with Crippen LogP contribution in [0.2, 0.25) is 0 Å². The topological polar surface area (TPSA) is 75.1 Å². The van der Waals surface area contributed by atoms with Crippen LogP contribution in [-0.2, 0) is 17.8 Å². The lowest BCUT2D eigenvalue weighted by Gasteiger charge is -2.07. The van der Waals surface area contributed by atoms with Crippen molar-refractivity contribution >= 4 is 16.8 Å². The fraction of sp³-hybridized carbons (Fsp3) is 0.263. The number of amides is 1. The quantitative estimate of drug-likeness (QED) is 0.757. The second kappa shape index (κ2) is 6.74. The Morgan fingerprint density at radius 3 is 2.83 bits per heavy atom. The van der Waals surface area contributed by atoms with Crippen molar-refractivity contribution in [3.63, 3.8) is 0 Å². The van der Waals surface area contributed by atoms with Gasteiger partial charge in [0.2, 0.25) is 5.91 Å². The third-order valence-electron chi connectivity index (χ3n) is 4.05. The lowest BCUT2D eigenvalue weighted by molar-refractivity contribution is -0.121. The van der Waals surface area contributed by atoms with Crippen LogP contribution in [0.15, 0.2) is 45.8 Å². The summed E-state index contributed by atoms with van der Waals surface area (Å²) in [5.74, 6) is 0.601. The largest absolute Gasteiger partial charge is 0.467 e. The van der Waals surface area contributed by atoms with Gasteiger partial charge in [-0.2, -0.15) is 0 Å². The Morgan fingerprint density at radius 2 is 2.08 bits per heavy atom. The summed E-state index contributed by atoms with van der Waals surface area (Å²) in [5, 5.41) is 3.81. The number of hydrogen-bond donors (Lipinski definition) is 2. The van der Waals surface area contributed by atoms with Crippen LogP contribution in [0.3, 0.4) is 0 Å². The summed E-state index contributed by atoms with van der Waals surface area (Å²) in [4.78, 5) is 27.1. The molecular formula is C19H20N2O3. The number of rotatable bonds is 5. The van der Waals surface area contributed by atoms with E-state index in [0.717, 1.165) is 22.0 Å². The van der Waals surface area contributed by atoms with E-state index >= 15 is 0 Å². The van der Waals surface area contributed by atoms with Crippen LogP contribution in [0.5, 0.6) is 0 Å². The molecule has 5 nitrogen and oxygen atoms in total. The average Bonchev–Trinajstić information content (AvgIpc) is 3.04. The van der Waals surface area contributed by atoms with Gasteiger partial charge in [-0.15, -0.1) is 0 Å². The highest BCUT2D eigenvalue weighted by molar-refractivity contribution is 5.83. The van der Waals surface area contributed by atoms with Gasteiger partial charge in [-0.05, 0) is 55.7 Å². The van der Waals surface area contributed by atoms with Gasteiger partial charge in [0.25, 0.3) is 5.56 Å². The van der Waals surface area contributed by atoms with Gasteiger partial charge in [0.05, 0.1) is 12.8 Å². The first-order valence-corrected chi connectivity index (χ1v) is 7.95. The molecule has 0 radical (unpaired) electrons. The van der Waals surface area contributed by atoms with E-state index in [-0.39, 0.29) is 17.9 Å². The van der Waals surface area contributed by atoms with Gasteiger partial charge < -0.3 is 14.7 Å². The molecule has 0 aliphatic carbocycles. The van der Waals surface area contributed by atoms with E-state index < -0.39 is 0 Å². The van der Waals surface area contributed by atoms with E-state index in [1.165, 1.54) is 0 Å². The normalized spacial score (nSPS) is 10.9. The molecule has 0 fully saturated rings. The first-order valence-electron chi connectivity index (χ1n) is 7.95. The summed E-state index contributed by atoms with van der Waals surface area (Å²) in [7, 11) is 0. The van der Waals surface area contributed by atoms with Gasteiger partial charge in [-0.25, -0.2) is 0 Å². The summed E-state index contributed by atoms with van der Waals surface area (Å²) in [6, 6.07) is 9.52. The number of H-pyrrole nitrogens is 1. The Balaban J connectivity index is 1.69. The molecule has 0 saturated carbocycles. The minimum atomic E-state index is -0.133. The van der Waals surface area contributed by atoms with Crippen LogP contribution >= 0.6 is 0 Å². The molecule has 124 valence electrons. The first kappa shape index (κ1) is 16.1. The van der Waals surface area contributed by atoms with E-state index in [9.17, 15) is 9.59 Å². The maximum atomic E-state index is 12.2. The maximum Gasteiger partial charge on any atom is 0.251 e. The predicted molar refractivity (Wildman–Crippen MR) is 92.9 cm³/mol. The molecule has 2 N–H and O–H groups in total. The number of carbonyl (C=O) groups is 1. The fourth-order valence-corrected chi connectivity index (χ4v) is 2.84. The molecule has 0 spiro atoms. The number of furan rings is 1. The standard InChI is InChI=1S/C19H20N2O3/c1-12-8-13(2)16-10-14(19(23)21-17(16)9-12)5-6-18(22)20-11-15-4-3-7-24-15/h3-4,7-10H,5-6,11H2,1-2H3,(H,20,22)(H,21,23). The Bertz CT molecular complexity index is 924. The van der Waals surface area contributed by atoms with E-state index in [2.05, 4.69) is 16.4 Å². The molecule has 0 aliphatic heterocycles. The van der Waals surface area contributed by atoms with Gasteiger partial charge in [-0.1, -0.05) is 6.07 Å². The third kappa shape index (κ3) is 3.56. The van der Waals surface area contributed by atoms with Crippen LogP contribution in [-0.4, -0.2) is 10.9 Å². The van der Waals surface area contributed by atoms with Gasteiger partial charge in [-0.3, -0.25) is 9.59 Å². The highest BCUT2D eigenvalue weighted by Gasteiger charge is 2.09. The molecule has 3 aromatic rings. The monoisotopic (exact) mass is 324 g/mol. The van der Waals surface area contributed by atoms with Crippen molar-refractivity contribution in [2.75, 3.05) is 0 Å². The van der Waals surface area contributed by atoms with Crippen LogP contribution in [0.25, 0.3) is 10.9 Å². The molecule has 0 atom stereocenters. The zero-order valence-electron chi connectivity index (χ0n) is 13.8. The summed E-state index contributed by atoms with van der Waals surface area (Å²) in [6.07, 6.45) is 2.24. The second-order valence-corrected chi connectivity index (χ2v) is 6.02. The van der Waals surface area contributed by atoms with Crippen LogP contribution in [0.4, 0.5) is 0 Å². The molecule has 0 aliphatic rings. The van der Waals surface area contributed by atoms with Gasteiger partial charge >= 0.3 is 0 Å². The second-order valence-electron chi connectivity index (χ2n) is 6.02. The first-order chi connectivity index (χ1) is 11.5. The SMILES string of the molecule is Cc1cc(C)c2cc(CCC(=O)NCc3ccco3)c(=O)[nH]c2c1. The predicted octanol–water partition coefficient (Wildman–Crippen LogP) is 2.99. The molecule has 2 heterocycles. The number of aromatic nitrogens is 1. The minimum absolute atomic E-state index is 0.105. The number of nitrogens with one attached hydrogen (secondary N) is 2. The number of hydrogen-bond acceptors (Lipinski definition) is 3. The number of fused-ring (bicyclic) bond motifs is 1. The third-order valence-corrected chi connectivity index (χ3v) is 4.05. The highest BCUT2D eigenvalue weighted by Crippen LogP contribution is 2.18. The smallest absolute Gasteiger partial charge is 0.251 e. The Kier molecular flexibility index (Phi) is 4.51. The summed E-state index contributed by atoms with van der Waals surface area (Å²) < 4.78 is 5.17. The molecule has 5 heteroatoms. The Morgan fingerprint density at radius 1 is 1.25 bits per heavy atom. The van der Waals surface area contributed by atoms with Crippen molar-refractivity contribution in [1.29, 1.82) is 0 Å². The van der Waals surface area contributed by atoms with Crippen molar-refractivity contribution in [2.24, 2.45) is 0 Å². The van der Waals surface area contributed by atoms with E-state index in [1.807, 2.05) is 26.0 Å². The number of pyridine rings is 1. The highest BCUT2D eigenvalue weighted by atomic mass is 16.3. The number of aryl methyl sites for hydroxylation is 3. The number of benzene rings is 1. The molecule has 2 aromatic heterocycles. The Hall–Kier alpha value is -2.82. The van der Waals surface area contributed by atoms with Crippen LogP contribution in [0.1, 0.15) is 28.9 Å². The summed E-state index contributed by atoms with van der Waals surface area (Å²) in [6.45, 7) is 4.38. The Labute approximate surface area is 139 Å². The molecule has 3 rings (SSSR count). The van der Waals surface area contributed by atoms with Gasteiger partial charge in [0, 0.05) is 22.9 Å². The molecule has 0 unspecified atom stereocenters. The zero-order valence-corrected chi connectivity index (χ0v) is 13.8. The molecule has 0 saturated heterocycles. The molecule has 1 aromatic carbocycles. The van der Waals surface area contributed by atoms with Crippen LogP contribution < -0.4 is 10.9 Å². The van der Waals surface area contributed by atoms with E-state index in [1.54, 1.807) is 18.4 Å². The van der Waals surface area contributed by atoms with Crippen molar-refractivity contribution in [1.82, 2.24) is 10.3 Å². The van der Waals surface area contributed by atoms with E-state index in [4.69, 9.17) is 4.42 Å². The van der Waals surface area contributed by atoms with Crippen molar-refractivity contribution in [3.05, 3.63) is 69.4 Å². The van der Waals surface area contributed by atoms with Crippen molar-refractivity contribution in [2.45, 2.75) is 33.2 Å². The van der Waals surface area contributed by atoms with Crippen molar-refractivity contribution < 1.29 is 9.21 Å². The molecular weight excluding hydrogens is 304 g/mol. The molecule has 1 amide bonds.